The van der Waals surface area contributed by atoms with Crippen molar-refractivity contribution >= 4 is 12.0 Å². The first kappa shape index (κ1) is 14.2. The molecule has 3 rings (SSSR count). The Morgan fingerprint density at radius 1 is 1.32 bits per heavy atom. The van der Waals surface area contributed by atoms with E-state index in [0.717, 1.165) is 17.0 Å². The molecule has 22 heavy (non-hydrogen) atoms. The normalized spacial score (nSPS) is 12.8. The number of ether oxygens (including phenoxy) is 3. The minimum absolute atomic E-state index is 0.0129. The Hall–Kier alpha value is -2.76. The van der Waals surface area contributed by atoms with E-state index in [2.05, 4.69) is 4.98 Å². The van der Waals surface area contributed by atoms with Gasteiger partial charge in [-0.05, 0) is 37.6 Å². The molecule has 0 saturated carbocycles. The summed E-state index contributed by atoms with van der Waals surface area (Å²) in [5.74, 6) is 2.02. The van der Waals surface area contributed by atoms with Gasteiger partial charge in [0.25, 0.3) is 0 Å². The number of benzene rings is 1. The molecule has 1 aromatic carbocycles. The largest absolute Gasteiger partial charge is 0.454 e. The second kappa shape index (κ2) is 5.93. The average Bonchev–Trinajstić information content (AvgIpc) is 3.09. The molecule has 0 amide bonds. The number of hydrogen-bond acceptors (Lipinski definition) is 6. The Morgan fingerprint density at radius 3 is 2.91 bits per heavy atom. The molecule has 0 bridgehead atoms. The fourth-order valence-corrected chi connectivity index (χ4v) is 1.96. The highest BCUT2D eigenvalue weighted by molar-refractivity contribution is 5.87. The fourth-order valence-electron chi connectivity index (χ4n) is 1.96. The van der Waals surface area contributed by atoms with Gasteiger partial charge in [-0.2, -0.15) is 0 Å². The van der Waals surface area contributed by atoms with E-state index in [1.54, 1.807) is 18.2 Å². The summed E-state index contributed by atoms with van der Waals surface area (Å²) in [5, 5.41) is 0. The summed E-state index contributed by atoms with van der Waals surface area (Å²) < 4.78 is 20.9. The minimum atomic E-state index is -0.467. The van der Waals surface area contributed by atoms with Crippen LogP contribution in [0.3, 0.4) is 0 Å². The molecule has 0 N–H and O–H groups in total. The lowest BCUT2D eigenvalue weighted by atomic mass is 10.2. The Morgan fingerprint density at radius 2 is 2.14 bits per heavy atom. The summed E-state index contributed by atoms with van der Waals surface area (Å²) >= 11 is 0. The monoisotopic (exact) mass is 301 g/mol. The van der Waals surface area contributed by atoms with Gasteiger partial charge in [-0.25, -0.2) is 9.78 Å². The van der Waals surface area contributed by atoms with E-state index < -0.39 is 5.97 Å². The summed E-state index contributed by atoms with van der Waals surface area (Å²) in [5.41, 5.74) is 1.62. The summed E-state index contributed by atoms with van der Waals surface area (Å²) in [7, 11) is 0. The van der Waals surface area contributed by atoms with Crippen molar-refractivity contribution in [1.29, 1.82) is 0 Å². The lowest BCUT2D eigenvalue weighted by Crippen LogP contribution is -2.00. The van der Waals surface area contributed by atoms with Crippen molar-refractivity contribution in [3.05, 3.63) is 47.2 Å². The van der Waals surface area contributed by atoms with Gasteiger partial charge in [0.2, 0.25) is 12.7 Å². The number of aryl methyl sites for hydroxylation is 2. The van der Waals surface area contributed by atoms with E-state index in [0.29, 0.717) is 17.4 Å². The first-order valence-electron chi connectivity index (χ1n) is 6.79. The average molecular weight is 301 g/mol. The van der Waals surface area contributed by atoms with Crippen LogP contribution in [0.4, 0.5) is 0 Å². The molecule has 6 nitrogen and oxygen atoms in total. The molecule has 0 unspecified atom stereocenters. The molecule has 2 heterocycles. The van der Waals surface area contributed by atoms with E-state index in [4.69, 9.17) is 18.6 Å². The highest BCUT2D eigenvalue weighted by Crippen LogP contribution is 2.32. The molecule has 1 aliphatic heterocycles. The van der Waals surface area contributed by atoms with Gasteiger partial charge in [0, 0.05) is 6.08 Å². The van der Waals surface area contributed by atoms with Crippen molar-refractivity contribution in [2.45, 2.75) is 20.5 Å². The van der Waals surface area contributed by atoms with Crippen LogP contribution in [0.1, 0.15) is 22.9 Å². The Labute approximate surface area is 127 Å². The van der Waals surface area contributed by atoms with Gasteiger partial charge in [0.15, 0.2) is 18.1 Å². The SMILES string of the molecule is Cc1nc(COC(=O)C=Cc2ccc3c(c2)OCO3)oc1C. The van der Waals surface area contributed by atoms with E-state index in [1.807, 2.05) is 19.9 Å². The molecule has 0 saturated heterocycles. The van der Waals surface area contributed by atoms with Gasteiger partial charge in [0.05, 0.1) is 5.69 Å². The first-order valence-corrected chi connectivity index (χ1v) is 6.79. The number of oxazole rings is 1. The second-order valence-corrected chi connectivity index (χ2v) is 4.80. The Bertz CT molecular complexity index is 713. The summed E-state index contributed by atoms with van der Waals surface area (Å²) in [6, 6.07) is 5.43. The van der Waals surface area contributed by atoms with Crippen molar-refractivity contribution in [3.8, 4) is 11.5 Å². The lowest BCUT2D eigenvalue weighted by Gasteiger charge is -1.99. The molecule has 0 spiro atoms. The smallest absolute Gasteiger partial charge is 0.331 e. The minimum Gasteiger partial charge on any atom is -0.454 e. The van der Waals surface area contributed by atoms with Gasteiger partial charge < -0.3 is 18.6 Å². The van der Waals surface area contributed by atoms with Crippen LogP contribution in [-0.4, -0.2) is 17.7 Å². The molecule has 0 fully saturated rings. The zero-order valence-corrected chi connectivity index (χ0v) is 12.3. The zero-order valence-electron chi connectivity index (χ0n) is 12.3. The third-order valence-electron chi connectivity index (χ3n) is 3.22. The molecular formula is C16H15NO5. The number of rotatable bonds is 4. The van der Waals surface area contributed by atoms with Crippen molar-refractivity contribution in [3.63, 3.8) is 0 Å². The molecule has 114 valence electrons. The molecule has 0 radical (unpaired) electrons. The Balaban J connectivity index is 1.57. The second-order valence-electron chi connectivity index (χ2n) is 4.80. The number of carbonyl (C=O) groups is 1. The molecule has 6 heteroatoms. The third-order valence-corrected chi connectivity index (χ3v) is 3.22. The number of fused-ring (bicyclic) bond motifs is 1. The highest BCUT2D eigenvalue weighted by atomic mass is 16.7. The fraction of sp³-hybridized carbons (Fsp3) is 0.250. The standard InChI is InChI=1S/C16H15NO5/c1-10-11(2)22-15(17-10)8-19-16(18)6-4-12-3-5-13-14(7-12)21-9-20-13/h3-7H,8-9H2,1-2H3. The number of nitrogens with zero attached hydrogens (tertiary/aromatic N) is 1. The predicted molar refractivity (Wildman–Crippen MR) is 77.4 cm³/mol. The van der Waals surface area contributed by atoms with Crippen LogP contribution in [0.25, 0.3) is 6.08 Å². The number of hydrogen-bond donors (Lipinski definition) is 0. The van der Waals surface area contributed by atoms with Crippen molar-refractivity contribution in [2.75, 3.05) is 6.79 Å². The van der Waals surface area contributed by atoms with Gasteiger partial charge in [0.1, 0.15) is 5.76 Å². The van der Waals surface area contributed by atoms with Crippen molar-refractivity contribution in [1.82, 2.24) is 4.98 Å². The molecule has 2 aromatic rings. The van der Waals surface area contributed by atoms with Gasteiger partial charge in [-0.3, -0.25) is 0 Å². The molecular weight excluding hydrogens is 286 g/mol. The van der Waals surface area contributed by atoms with Crippen LogP contribution >= 0.6 is 0 Å². The van der Waals surface area contributed by atoms with Crippen LogP contribution in [0, 0.1) is 13.8 Å². The summed E-state index contributed by atoms with van der Waals surface area (Å²) in [4.78, 5) is 15.8. The van der Waals surface area contributed by atoms with Gasteiger partial charge >= 0.3 is 5.97 Å². The van der Waals surface area contributed by atoms with Crippen molar-refractivity contribution in [2.24, 2.45) is 0 Å². The Kier molecular flexibility index (Phi) is 3.82. The quantitative estimate of drug-likeness (QED) is 0.639. The molecule has 0 aliphatic carbocycles. The van der Waals surface area contributed by atoms with Crippen LogP contribution in [0.5, 0.6) is 11.5 Å². The highest BCUT2D eigenvalue weighted by Gasteiger charge is 2.12. The summed E-state index contributed by atoms with van der Waals surface area (Å²) in [6.45, 7) is 3.88. The van der Waals surface area contributed by atoms with Crippen LogP contribution in [-0.2, 0) is 16.1 Å². The number of carbonyl (C=O) groups excluding carboxylic acids is 1. The van der Waals surface area contributed by atoms with E-state index in [1.165, 1.54) is 6.08 Å². The third kappa shape index (κ3) is 3.11. The van der Waals surface area contributed by atoms with Crippen LogP contribution in [0.2, 0.25) is 0 Å². The van der Waals surface area contributed by atoms with Crippen molar-refractivity contribution < 1.29 is 23.4 Å². The zero-order chi connectivity index (χ0) is 15.5. The lowest BCUT2D eigenvalue weighted by molar-refractivity contribution is -0.139. The molecule has 1 aromatic heterocycles. The topological polar surface area (TPSA) is 70.8 Å². The summed E-state index contributed by atoms with van der Waals surface area (Å²) in [6.07, 6.45) is 3.00. The maximum absolute atomic E-state index is 11.7. The van der Waals surface area contributed by atoms with Gasteiger partial charge in [-0.1, -0.05) is 6.07 Å². The van der Waals surface area contributed by atoms with Crippen LogP contribution in [0.15, 0.2) is 28.7 Å². The van der Waals surface area contributed by atoms with E-state index >= 15 is 0 Å². The number of esters is 1. The maximum atomic E-state index is 11.7. The number of aromatic nitrogens is 1. The van der Waals surface area contributed by atoms with E-state index in [9.17, 15) is 4.79 Å². The maximum Gasteiger partial charge on any atom is 0.331 e. The predicted octanol–water partition coefficient (Wildman–Crippen LogP) is 2.78. The molecule has 0 atom stereocenters. The van der Waals surface area contributed by atoms with E-state index in [-0.39, 0.29) is 13.4 Å². The first-order chi connectivity index (χ1) is 10.6. The van der Waals surface area contributed by atoms with Crippen LogP contribution < -0.4 is 9.47 Å². The van der Waals surface area contributed by atoms with Gasteiger partial charge in [-0.15, -0.1) is 0 Å². The molecule has 1 aliphatic rings.